The van der Waals surface area contributed by atoms with Gasteiger partial charge in [0.1, 0.15) is 5.54 Å². The molecule has 1 aromatic carbocycles. The quantitative estimate of drug-likeness (QED) is 0.786. The van der Waals surface area contributed by atoms with Crippen LogP contribution in [0.4, 0.5) is 0 Å². The van der Waals surface area contributed by atoms with Crippen molar-refractivity contribution in [2.45, 2.75) is 50.0 Å². The van der Waals surface area contributed by atoms with E-state index in [0.717, 1.165) is 25.7 Å². The molecule has 1 saturated heterocycles. The van der Waals surface area contributed by atoms with Crippen LogP contribution in [0, 0.1) is 0 Å². The van der Waals surface area contributed by atoms with Crippen molar-refractivity contribution in [1.29, 1.82) is 0 Å². The molecule has 26 heavy (non-hydrogen) atoms. The van der Waals surface area contributed by atoms with Crippen molar-refractivity contribution in [3.63, 3.8) is 0 Å². The van der Waals surface area contributed by atoms with E-state index in [-0.39, 0.29) is 10.5 Å². The molecular formula is C18H26N2O5S. The molecule has 1 aromatic rings. The molecule has 144 valence electrons. The number of carbonyl (C=O) groups is 2. The summed E-state index contributed by atoms with van der Waals surface area (Å²) >= 11 is 0. The second-order valence-electron chi connectivity index (χ2n) is 6.91. The Hall–Kier alpha value is -1.93. The standard InChI is InChI=1S/C18H26N2O5S/c1-18(2,17(22)25-3)19-16(21)14-8-10-15(11-9-14)26(23,24)20-12-6-4-5-7-13-20/h8-11H,4-7,12-13H2,1-3H3,(H,19,21). The van der Waals surface area contributed by atoms with E-state index in [1.54, 1.807) is 0 Å². The fraction of sp³-hybridized carbons (Fsp3) is 0.556. The largest absolute Gasteiger partial charge is 0.467 e. The minimum absolute atomic E-state index is 0.170. The third-order valence-electron chi connectivity index (χ3n) is 4.44. The van der Waals surface area contributed by atoms with Crippen LogP contribution in [0.3, 0.4) is 0 Å². The third kappa shape index (κ3) is 4.62. The molecule has 8 heteroatoms. The second kappa shape index (κ2) is 8.18. The van der Waals surface area contributed by atoms with Gasteiger partial charge in [-0.15, -0.1) is 0 Å². The van der Waals surface area contributed by atoms with Crippen LogP contribution in [-0.2, 0) is 19.6 Å². The smallest absolute Gasteiger partial charge is 0.330 e. The number of hydrogen-bond donors (Lipinski definition) is 1. The van der Waals surface area contributed by atoms with Crippen LogP contribution in [0.5, 0.6) is 0 Å². The van der Waals surface area contributed by atoms with Crippen molar-refractivity contribution < 1.29 is 22.7 Å². The molecule has 0 saturated carbocycles. The highest BCUT2D eigenvalue weighted by Crippen LogP contribution is 2.21. The first kappa shape index (κ1) is 20.4. The number of hydrogen-bond acceptors (Lipinski definition) is 5. The summed E-state index contributed by atoms with van der Waals surface area (Å²) in [6, 6.07) is 5.77. The highest BCUT2D eigenvalue weighted by molar-refractivity contribution is 7.89. The van der Waals surface area contributed by atoms with Crippen LogP contribution >= 0.6 is 0 Å². The first-order chi connectivity index (χ1) is 12.2. The molecule has 1 heterocycles. The Balaban J connectivity index is 2.14. The van der Waals surface area contributed by atoms with Crippen molar-refractivity contribution in [1.82, 2.24) is 9.62 Å². The predicted octanol–water partition coefficient (Wildman–Crippen LogP) is 1.93. The van der Waals surface area contributed by atoms with Crippen LogP contribution in [-0.4, -0.2) is 50.3 Å². The first-order valence-corrected chi connectivity index (χ1v) is 10.1. The number of methoxy groups -OCH3 is 1. The van der Waals surface area contributed by atoms with Gasteiger partial charge in [-0.3, -0.25) is 4.79 Å². The van der Waals surface area contributed by atoms with Gasteiger partial charge in [-0.25, -0.2) is 13.2 Å². The van der Waals surface area contributed by atoms with E-state index in [9.17, 15) is 18.0 Å². The molecule has 0 bridgehead atoms. The molecule has 1 N–H and O–H groups in total. The lowest BCUT2D eigenvalue weighted by Crippen LogP contribution is -2.50. The number of sulfonamides is 1. The summed E-state index contributed by atoms with van der Waals surface area (Å²) in [6.07, 6.45) is 3.81. The molecule has 1 amide bonds. The van der Waals surface area contributed by atoms with Gasteiger partial charge in [0.2, 0.25) is 10.0 Å². The molecular weight excluding hydrogens is 356 g/mol. The minimum Gasteiger partial charge on any atom is -0.467 e. The lowest BCUT2D eigenvalue weighted by molar-refractivity contribution is -0.146. The predicted molar refractivity (Wildman–Crippen MR) is 97.2 cm³/mol. The summed E-state index contributed by atoms with van der Waals surface area (Å²) in [6.45, 7) is 4.12. The Kier molecular flexibility index (Phi) is 6.41. The van der Waals surface area contributed by atoms with Gasteiger partial charge >= 0.3 is 5.97 Å². The zero-order valence-electron chi connectivity index (χ0n) is 15.4. The monoisotopic (exact) mass is 382 g/mol. The molecule has 0 spiro atoms. The maximum absolute atomic E-state index is 12.7. The number of rotatable bonds is 5. The number of nitrogens with one attached hydrogen (secondary N) is 1. The van der Waals surface area contributed by atoms with Gasteiger partial charge in [-0.1, -0.05) is 12.8 Å². The maximum atomic E-state index is 12.7. The van der Waals surface area contributed by atoms with E-state index >= 15 is 0 Å². The van der Waals surface area contributed by atoms with Crippen LogP contribution in [0.1, 0.15) is 49.9 Å². The van der Waals surface area contributed by atoms with Gasteiger partial charge in [0.25, 0.3) is 5.91 Å². The van der Waals surface area contributed by atoms with Crippen LogP contribution in [0.15, 0.2) is 29.2 Å². The molecule has 0 unspecified atom stereocenters. The average Bonchev–Trinajstić information content (AvgIpc) is 2.90. The van der Waals surface area contributed by atoms with E-state index in [1.165, 1.54) is 49.5 Å². The zero-order chi connectivity index (χ0) is 19.4. The summed E-state index contributed by atoms with van der Waals surface area (Å²) < 4.78 is 31.6. The lowest BCUT2D eigenvalue weighted by Gasteiger charge is -2.23. The number of nitrogens with zero attached hydrogens (tertiary/aromatic N) is 1. The molecule has 2 rings (SSSR count). The Labute approximate surface area is 154 Å². The van der Waals surface area contributed by atoms with Crippen LogP contribution in [0.25, 0.3) is 0 Å². The van der Waals surface area contributed by atoms with Crippen molar-refractivity contribution in [2.24, 2.45) is 0 Å². The molecule has 0 atom stereocenters. The fourth-order valence-electron chi connectivity index (χ4n) is 2.87. The second-order valence-corrected chi connectivity index (χ2v) is 8.85. The highest BCUT2D eigenvalue weighted by Gasteiger charge is 2.31. The van der Waals surface area contributed by atoms with E-state index in [1.807, 2.05) is 0 Å². The van der Waals surface area contributed by atoms with E-state index in [0.29, 0.717) is 13.1 Å². The van der Waals surface area contributed by atoms with E-state index < -0.39 is 27.4 Å². The molecule has 0 aliphatic carbocycles. The Morgan fingerprint density at radius 1 is 1.04 bits per heavy atom. The SMILES string of the molecule is COC(=O)C(C)(C)NC(=O)c1ccc(S(=O)(=O)N2CCCCCC2)cc1. The third-order valence-corrected chi connectivity index (χ3v) is 6.35. The Morgan fingerprint density at radius 3 is 2.08 bits per heavy atom. The number of benzene rings is 1. The highest BCUT2D eigenvalue weighted by atomic mass is 32.2. The lowest BCUT2D eigenvalue weighted by atomic mass is 10.1. The van der Waals surface area contributed by atoms with Gasteiger partial charge in [-0.05, 0) is 51.0 Å². The maximum Gasteiger partial charge on any atom is 0.330 e. The number of ether oxygens (including phenoxy) is 1. The van der Waals surface area contributed by atoms with Crippen molar-refractivity contribution in [3.8, 4) is 0 Å². The molecule has 1 aliphatic rings. The Morgan fingerprint density at radius 2 is 1.58 bits per heavy atom. The summed E-state index contributed by atoms with van der Waals surface area (Å²) in [7, 11) is -2.30. The zero-order valence-corrected chi connectivity index (χ0v) is 16.3. The van der Waals surface area contributed by atoms with E-state index in [4.69, 9.17) is 0 Å². The van der Waals surface area contributed by atoms with Gasteiger partial charge in [-0.2, -0.15) is 4.31 Å². The van der Waals surface area contributed by atoms with Crippen LogP contribution in [0.2, 0.25) is 0 Å². The topological polar surface area (TPSA) is 92.8 Å². The van der Waals surface area contributed by atoms with Gasteiger partial charge in [0.15, 0.2) is 0 Å². The molecule has 1 fully saturated rings. The number of amides is 1. The summed E-state index contributed by atoms with van der Waals surface area (Å²) in [5.41, 5.74) is -0.903. The molecule has 7 nitrogen and oxygen atoms in total. The normalized spacial score (nSPS) is 16.6. The number of esters is 1. The van der Waals surface area contributed by atoms with Crippen molar-refractivity contribution in [2.75, 3.05) is 20.2 Å². The molecule has 1 aliphatic heterocycles. The van der Waals surface area contributed by atoms with E-state index in [2.05, 4.69) is 10.1 Å². The molecule has 0 aromatic heterocycles. The van der Waals surface area contributed by atoms with Gasteiger partial charge < -0.3 is 10.1 Å². The van der Waals surface area contributed by atoms with Crippen LogP contribution < -0.4 is 5.32 Å². The fourth-order valence-corrected chi connectivity index (χ4v) is 4.39. The summed E-state index contributed by atoms with van der Waals surface area (Å²) in [5.74, 6) is -1.04. The van der Waals surface area contributed by atoms with Crippen molar-refractivity contribution >= 4 is 21.9 Å². The molecule has 0 radical (unpaired) electrons. The van der Waals surface area contributed by atoms with Gasteiger partial charge in [0.05, 0.1) is 12.0 Å². The first-order valence-electron chi connectivity index (χ1n) is 8.69. The summed E-state index contributed by atoms with van der Waals surface area (Å²) in [5, 5.41) is 2.58. The summed E-state index contributed by atoms with van der Waals surface area (Å²) in [4.78, 5) is 24.1. The van der Waals surface area contributed by atoms with Gasteiger partial charge in [0, 0.05) is 18.7 Å². The average molecular weight is 382 g/mol. The van der Waals surface area contributed by atoms with Crippen molar-refractivity contribution in [3.05, 3.63) is 29.8 Å². The minimum atomic E-state index is -3.55. The Bertz CT molecular complexity index is 748. The number of carbonyl (C=O) groups excluding carboxylic acids is 2.